The summed E-state index contributed by atoms with van der Waals surface area (Å²) in [6.07, 6.45) is 57.8. The van der Waals surface area contributed by atoms with Gasteiger partial charge in [-0.1, -0.05) is 271 Å². The van der Waals surface area contributed by atoms with Crippen molar-refractivity contribution in [3.8, 4) is 17.2 Å². The zero-order valence-corrected chi connectivity index (χ0v) is 50.8. The normalized spacial score (nSPS) is 12.5. The Morgan fingerprint density at radius 1 is 0.247 bits per heavy atom. The van der Waals surface area contributed by atoms with Crippen molar-refractivity contribution in [2.45, 2.75) is 305 Å². The number of benzene rings is 3. The molecule has 0 spiro atoms. The van der Waals surface area contributed by atoms with Crippen LogP contribution in [0.5, 0.6) is 17.2 Å². The van der Waals surface area contributed by atoms with E-state index in [9.17, 15) is 25.2 Å². The second-order valence-corrected chi connectivity index (χ2v) is 26.0. The predicted molar refractivity (Wildman–Crippen MR) is 322 cm³/mol. The van der Waals surface area contributed by atoms with Crippen LogP contribution in [0.25, 0.3) is 0 Å². The summed E-state index contributed by atoms with van der Waals surface area (Å²) < 4.78 is 78.0. The molecule has 0 heterocycles. The van der Waals surface area contributed by atoms with Gasteiger partial charge in [-0.3, -0.25) is 0 Å². The van der Waals surface area contributed by atoms with E-state index >= 15 is 0 Å². The summed E-state index contributed by atoms with van der Waals surface area (Å²) in [5.41, 5.74) is 0. The Hall–Kier alpha value is -2.58. The molecule has 0 fully saturated rings. The van der Waals surface area contributed by atoms with E-state index in [4.69, 9.17) is 14.2 Å². The van der Waals surface area contributed by atoms with Crippen LogP contribution in [0.4, 0.5) is 25.2 Å². The Morgan fingerprint density at radius 2 is 0.390 bits per heavy atom. The van der Waals surface area contributed by atoms with E-state index in [1.54, 1.807) is 0 Å². The molecule has 446 valence electrons. The van der Waals surface area contributed by atoms with Crippen LogP contribution in [0.2, 0.25) is 0 Å². The third kappa shape index (κ3) is 45.8. The first kappa shape index (κ1) is 70.5. The minimum atomic E-state index is -10.7. The monoisotopic (exact) mass is 1130 g/mol. The third-order valence-corrected chi connectivity index (χ3v) is 16.7. The molecular weight excluding hydrogens is 1020 g/mol. The van der Waals surface area contributed by atoms with Gasteiger partial charge < -0.3 is 14.2 Å². The van der Waals surface area contributed by atoms with Gasteiger partial charge in [0.15, 0.2) is 14.7 Å². The molecule has 77 heavy (non-hydrogen) atoms. The Morgan fingerprint density at radius 3 is 0.545 bits per heavy atom. The molecule has 0 aliphatic rings. The van der Waals surface area contributed by atoms with Crippen molar-refractivity contribution in [2.75, 3.05) is 19.8 Å². The molecule has 11 heteroatoms. The van der Waals surface area contributed by atoms with Crippen molar-refractivity contribution in [1.29, 1.82) is 0 Å². The Labute approximate surface area is 470 Å². The first-order chi connectivity index (χ1) is 37.2. The van der Waals surface area contributed by atoms with Crippen LogP contribution >= 0.6 is 7.81 Å². The number of hydrogen-bond acceptors (Lipinski definition) is 3. The van der Waals surface area contributed by atoms with E-state index in [0.717, 1.165) is 56.3 Å². The van der Waals surface area contributed by atoms with Crippen LogP contribution < -0.4 is 14.2 Å². The number of halogens is 6. The molecule has 0 amide bonds. The molecule has 0 saturated heterocycles. The summed E-state index contributed by atoms with van der Waals surface area (Å²) in [6, 6.07) is 26.8. The molecule has 3 rings (SSSR count). The van der Waals surface area contributed by atoms with Gasteiger partial charge in [-0.15, -0.1) is 0 Å². The van der Waals surface area contributed by atoms with Gasteiger partial charge in [-0.2, -0.15) is 0 Å². The van der Waals surface area contributed by atoms with Gasteiger partial charge in [-0.05, 0) is 92.1 Å². The molecule has 0 bridgehead atoms. The maximum absolute atomic E-state index is 10.7. The molecule has 0 aromatic heterocycles. The molecule has 0 unspecified atom stereocenters. The van der Waals surface area contributed by atoms with Gasteiger partial charge in [0.1, 0.15) is 17.2 Å². The van der Waals surface area contributed by atoms with Crippen molar-refractivity contribution < 1.29 is 39.4 Å². The molecule has 3 nitrogen and oxygen atoms in total. The van der Waals surface area contributed by atoms with E-state index in [-0.39, 0.29) is 10.9 Å². The number of ether oxygens (including phenoxy) is 3. The van der Waals surface area contributed by atoms with Gasteiger partial charge in [0, 0.05) is 0 Å². The molecule has 0 aliphatic carbocycles. The molecule has 0 atom stereocenters. The van der Waals surface area contributed by atoms with Crippen LogP contribution in [0.15, 0.2) is 87.5 Å². The van der Waals surface area contributed by atoms with Crippen molar-refractivity contribution >= 4 is 18.7 Å². The summed E-state index contributed by atoms with van der Waals surface area (Å²) in [5.74, 6) is 2.92. The molecule has 0 saturated carbocycles. The third-order valence-electron chi connectivity index (χ3n) is 14.5. The van der Waals surface area contributed by atoms with Crippen LogP contribution in [0, 0.1) is 0 Å². The van der Waals surface area contributed by atoms with Gasteiger partial charge >= 0.3 is 33.0 Å². The fourth-order valence-corrected chi connectivity index (χ4v) is 11.9. The van der Waals surface area contributed by atoms with E-state index < -0.39 is 7.81 Å². The second-order valence-electron chi connectivity index (χ2n) is 22.0. The first-order valence-corrected chi connectivity index (χ1v) is 34.9. The van der Waals surface area contributed by atoms with Crippen LogP contribution in [0.1, 0.15) is 290 Å². The average molecular weight is 1130 g/mol. The topological polar surface area (TPSA) is 27.7 Å². The SMILES string of the molecule is CCCCCCCCCCCCCCCCOc1ccc([S+](c2ccc(OCCCCCCCCCCCCCCCC)cc2)c2ccc(OCCCCCCCCCCCCCCCC)cc2)cc1.F[P-](F)(F)(F)(F)F. The maximum atomic E-state index is 9.87. The van der Waals surface area contributed by atoms with Crippen LogP contribution in [0.3, 0.4) is 0 Å². The summed E-state index contributed by atoms with van der Waals surface area (Å²) in [6.45, 7) is 9.29. The van der Waals surface area contributed by atoms with E-state index in [1.807, 2.05) is 0 Å². The number of unbranched alkanes of at least 4 members (excludes halogenated alkanes) is 39. The summed E-state index contributed by atoms with van der Waals surface area (Å²) in [5, 5.41) is 0. The van der Waals surface area contributed by atoms with E-state index in [0.29, 0.717) is 0 Å². The average Bonchev–Trinajstić information content (AvgIpc) is 3.42. The quantitative estimate of drug-likeness (QED) is 0.0244. The molecule has 0 radical (unpaired) electrons. The van der Waals surface area contributed by atoms with E-state index in [1.165, 1.54) is 265 Å². The summed E-state index contributed by atoms with van der Waals surface area (Å²) in [7, 11) is -10.9. The summed E-state index contributed by atoms with van der Waals surface area (Å²) >= 11 is 0. The van der Waals surface area contributed by atoms with Crippen LogP contribution in [-0.4, -0.2) is 19.8 Å². The first-order valence-electron chi connectivity index (χ1n) is 31.7. The van der Waals surface area contributed by atoms with Crippen molar-refractivity contribution in [3.63, 3.8) is 0 Å². The molecular formula is C66H111F6O3PS. The van der Waals surface area contributed by atoms with Gasteiger partial charge in [-0.25, -0.2) is 0 Å². The minimum absolute atomic E-state index is 0.258. The van der Waals surface area contributed by atoms with Crippen molar-refractivity contribution in [2.24, 2.45) is 0 Å². The predicted octanol–water partition coefficient (Wildman–Crippen LogP) is 25.7. The van der Waals surface area contributed by atoms with Gasteiger partial charge in [0.25, 0.3) is 0 Å². The van der Waals surface area contributed by atoms with Crippen LogP contribution in [-0.2, 0) is 10.9 Å². The number of hydrogen-bond donors (Lipinski definition) is 0. The summed E-state index contributed by atoms with van der Waals surface area (Å²) in [4.78, 5) is 3.91. The van der Waals surface area contributed by atoms with E-state index in [2.05, 4.69) is 93.6 Å². The zero-order valence-electron chi connectivity index (χ0n) is 49.1. The number of rotatable bonds is 51. The fourth-order valence-electron chi connectivity index (χ4n) is 9.88. The Kier molecular flexibility index (Phi) is 40.4. The molecule has 0 N–H and O–H groups in total. The fraction of sp³-hybridized carbons (Fsp3) is 0.727. The second kappa shape index (κ2) is 44.1. The molecule has 3 aromatic rings. The van der Waals surface area contributed by atoms with Gasteiger partial charge in [0.2, 0.25) is 0 Å². The van der Waals surface area contributed by atoms with Gasteiger partial charge in [0.05, 0.1) is 30.7 Å². The van der Waals surface area contributed by atoms with Crippen molar-refractivity contribution in [1.82, 2.24) is 0 Å². The van der Waals surface area contributed by atoms with Crippen molar-refractivity contribution in [3.05, 3.63) is 72.8 Å². The standard InChI is InChI=1S/C66H111O3S.F6P/c1-4-7-10-13-16-19-22-25-28-31-34-37-40-43-58-67-61-46-52-64(53-47-61)70(65-54-48-62(49-55-65)68-59-44-41-38-35-32-29-26-23-20-17-14-11-8-5-2)66-56-50-63(51-57-66)69-60-45-42-39-36-33-30-27-24-21-18-15-12-9-6-3;1-7(2,3,4,5)6/h46-57H,4-45,58-60H2,1-3H3;/q+1;-1. The molecule has 3 aromatic carbocycles. The Balaban J connectivity index is 0.00000270. The zero-order chi connectivity index (χ0) is 55.9. The molecule has 0 aliphatic heterocycles. The Bertz CT molecular complexity index is 1570.